The second-order valence-corrected chi connectivity index (χ2v) is 8.22. The lowest BCUT2D eigenvalue weighted by atomic mass is 10.1. The van der Waals surface area contributed by atoms with Gasteiger partial charge in [-0.1, -0.05) is 0 Å². The van der Waals surface area contributed by atoms with Crippen LogP contribution < -0.4 is 10.6 Å². The van der Waals surface area contributed by atoms with Gasteiger partial charge in [0.1, 0.15) is 5.84 Å². The van der Waals surface area contributed by atoms with Gasteiger partial charge in [-0.25, -0.2) is 0 Å². The molecular formula is C21H27N5OS. The van der Waals surface area contributed by atoms with E-state index in [0.717, 1.165) is 43.9 Å². The topological polar surface area (TPSA) is 86.3 Å². The lowest BCUT2D eigenvalue weighted by Crippen LogP contribution is -2.48. The van der Waals surface area contributed by atoms with Gasteiger partial charge in [0.25, 0.3) is 0 Å². The summed E-state index contributed by atoms with van der Waals surface area (Å²) in [7, 11) is 0. The molecule has 3 rings (SSSR count). The first kappa shape index (κ1) is 20.2. The van der Waals surface area contributed by atoms with Gasteiger partial charge < -0.3 is 15.5 Å². The van der Waals surface area contributed by atoms with Crippen molar-refractivity contribution in [1.29, 1.82) is 5.41 Å². The maximum absolute atomic E-state index is 11.5. The van der Waals surface area contributed by atoms with Crippen molar-refractivity contribution in [2.45, 2.75) is 29.9 Å². The van der Waals surface area contributed by atoms with E-state index in [1.54, 1.807) is 31.1 Å². The maximum atomic E-state index is 11.5. The summed E-state index contributed by atoms with van der Waals surface area (Å²) in [6, 6.07) is 12.4. The molecule has 1 unspecified atom stereocenters. The van der Waals surface area contributed by atoms with Crippen LogP contribution in [0.5, 0.6) is 0 Å². The molecule has 1 aromatic carbocycles. The number of hydrogen-bond acceptors (Lipinski definition) is 5. The highest BCUT2D eigenvalue weighted by atomic mass is 32.2. The first-order valence-corrected chi connectivity index (χ1v) is 10.4. The van der Waals surface area contributed by atoms with E-state index in [4.69, 9.17) is 11.1 Å². The molecule has 1 aromatic heterocycles. The number of aromatic nitrogens is 1. The highest BCUT2D eigenvalue weighted by Gasteiger charge is 2.19. The number of aryl methyl sites for hydroxylation is 1. The van der Waals surface area contributed by atoms with Crippen molar-refractivity contribution < 1.29 is 4.79 Å². The van der Waals surface area contributed by atoms with Crippen LogP contribution in [0.25, 0.3) is 0 Å². The van der Waals surface area contributed by atoms with Crippen molar-refractivity contribution in [3.05, 3.63) is 54.4 Å². The second kappa shape index (κ2) is 9.59. The molecule has 148 valence electrons. The van der Waals surface area contributed by atoms with Gasteiger partial charge >= 0.3 is 0 Å². The zero-order valence-electron chi connectivity index (χ0n) is 16.2. The number of amidine groups is 1. The third-order valence-corrected chi connectivity index (χ3v) is 6.32. The van der Waals surface area contributed by atoms with Crippen LogP contribution in [0.15, 0.2) is 53.7 Å². The van der Waals surface area contributed by atoms with Gasteiger partial charge in [0.2, 0.25) is 5.91 Å². The average molecular weight is 398 g/mol. The lowest BCUT2D eigenvalue weighted by Gasteiger charge is -2.35. The van der Waals surface area contributed by atoms with Crippen LogP contribution in [-0.2, 0) is 11.2 Å². The van der Waals surface area contributed by atoms with Gasteiger partial charge in [-0.05, 0) is 54.8 Å². The Morgan fingerprint density at radius 2 is 1.79 bits per heavy atom. The van der Waals surface area contributed by atoms with Gasteiger partial charge in [0.05, 0.1) is 5.25 Å². The number of pyridine rings is 1. The predicted molar refractivity (Wildman–Crippen MR) is 115 cm³/mol. The van der Waals surface area contributed by atoms with Crippen molar-refractivity contribution in [1.82, 2.24) is 9.88 Å². The molecule has 6 nitrogen and oxygen atoms in total. The molecule has 0 saturated carbocycles. The van der Waals surface area contributed by atoms with E-state index in [1.807, 2.05) is 17.0 Å². The van der Waals surface area contributed by atoms with E-state index < -0.39 is 0 Å². The summed E-state index contributed by atoms with van der Waals surface area (Å²) in [4.78, 5) is 20.8. The Morgan fingerprint density at radius 1 is 1.14 bits per heavy atom. The number of nitrogens with two attached hydrogens (primary N) is 1. The molecule has 1 aliphatic heterocycles. The number of anilines is 1. The summed E-state index contributed by atoms with van der Waals surface area (Å²) >= 11 is 1.64. The highest BCUT2D eigenvalue weighted by Crippen LogP contribution is 2.29. The smallest absolute Gasteiger partial charge is 0.219 e. The predicted octanol–water partition coefficient (Wildman–Crippen LogP) is 2.78. The van der Waals surface area contributed by atoms with Crippen LogP contribution in [0.2, 0.25) is 0 Å². The monoisotopic (exact) mass is 397 g/mol. The molecule has 0 aliphatic carbocycles. The van der Waals surface area contributed by atoms with Crippen molar-refractivity contribution in [3.63, 3.8) is 0 Å². The van der Waals surface area contributed by atoms with Crippen molar-refractivity contribution in [2.75, 3.05) is 31.1 Å². The van der Waals surface area contributed by atoms with E-state index in [9.17, 15) is 4.79 Å². The molecule has 7 heteroatoms. The van der Waals surface area contributed by atoms with Gasteiger partial charge in [-0.15, -0.1) is 11.8 Å². The van der Waals surface area contributed by atoms with Crippen molar-refractivity contribution >= 4 is 29.2 Å². The number of nitrogens with one attached hydrogen (secondary N) is 1. The Bertz CT molecular complexity index is 788. The van der Waals surface area contributed by atoms with Crippen molar-refractivity contribution in [3.8, 4) is 0 Å². The quantitative estimate of drug-likeness (QED) is 0.426. The molecule has 1 atom stereocenters. The van der Waals surface area contributed by atoms with Crippen LogP contribution in [0, 0.1) is 5.41 Å². The molecular weight excluding hydrogens is 370 g/mol. The molecule has 1 saturated heterocycles. The number of rotatable bonds is 7. The zero-order chi connectivity index (χ0) is 19.9. The Hall–Kier alpha value is -2.54. The Kier molecular flexibility index (Phi) is 6.92. The minimum absolute atomic E-state index is 0.0434. The minimum Gasteiger partial charge on any atom is -0.387 e. The molecule has 3 N–H and O–H groups in total. The fraction of sp³-hybridized carbons (Fsp3) is 0.381. The molecule has 0 spiro atoms. The van der Waals surface area contributed by atoms with E-state index in [0.29, 0.717) is 0 Å². The summed E-state index contributed by atoms with van der Waals surface area (Å²) < 4.78 is 0. The number of hydrogen-bond donors (Lipinski definition) is 2. The molecule has 0 radical (unpaired) electrons. The van der Waals surface area contributed by atoms with E-state index in [1.165, 1.54) is 11.3 Å². The molecule has 0 bridgehead atoms. The zero-order valence-corrected chi connectivity index (χ0v) is 17.0. The molecule has 2 aromatic rings. The van der Waals surface area contributed by atoms with E-state index in [2.05, 4.69) is 34.1 Å². The largest absolute Gasteiger partial charge is 0.387 e. The van der Waals surface area contributed by atoms with Gasteiger partial charge in [0, 0.05) is 56.1 Å². The number of benzene rings is 1. The van der Waals surface area contributed by atoms with Crippen LogP contribution in [0.3, 0.4) is 0 Å². The molecule has 28 heavy (non-hydrogen) atoms. The molecule has 2 heterocycles. The second-order valence-electron chi connectivity index (χ2n) is 6.94. The summed E-state index contributed by atoms with van der Waals surface area (Å²) in [6.45, 7) is 4.88. The summed E-state index contributed by atoms with van der Waals surface area (Å²) in [5, 5.41) is 7.88. The van der Waals surface area contributed by atoms with Crippen LogP contribution in [-0.4, -0.2) is 53.1 Å². The Morgan fingerprint density at radius 3 is 2.36 bits per heavy atom. The first-order chi connectivity index (χ1) is 13.5. The summed E-state index contributed by atoms with van der Waals surface area (Å²) in [5.41, 5.74) is 8.22. The van der Waals surface area contributed by atoms with Crippen LogP contribution in [0.1, 0.15) is 18.9 Å². The standard InChI is InChI=1S/C21H27N5OS/c1-16(27)25-12-14-26(15-13-25)18-3-5-19(6-4-18)28-20(21(22)23)7-2-17-8-10-24-11-9-17/h3-6,8-11,20H,2,7,12-15H2,1H3,(H3,22,23). The third-order valence-electron chi connectivity index (χ3n) is 5.00. The Labute approximate surface area is 170 Å². The number of amides is 1. The number of carbonyl (C=O) groups excluding carboxylic acids is 1. The molecule has 1 amide bonds. The fourth-order valence-electron chi connectivity index (χ4n) is 3.30. The number of thioether (sulfide) groups is 1. The van der Waals surface area contributed by atoms with E-state index in [-0.39, 0.29) is 17.0 Å². The van der Waals surface area contributed by atoms with Crippen molar-refractivity contribution in [2.24, 2.45) is 5.73 Å². The number of piperazine rings is 1. The third kappa shape index (κ3) is 5.48. The number of nitrogens with zero attached hydrogens (tertiary/aromatic N) is 3. The fourth-order valence-corrected chi connectivity index (χ4v) is 4.29. The molecule has 1 fully saturated rings. The summed E-state index contributed by atoms with van der Waals surface area (Å²) in [5.74, 6) is 0.358. The first-order valence-electron chi connectivity index (χ1n) is 9.53. The number of carbonyl (C=O) groups is 1. The normalized spacial score (nSPS) is 15.3. The van der Waals surface area contributed by atoms with Crippen LogP contribution in [0.4, 0.5) is 5.69 Å². The van der Waals surface area contributed by atoms with Gasteiger partial charge in [-0.3, -0.25) is 15.2 Å². The van der Waals surface area contributed by atoms with Gasteiger partial charge in [-0.2, -0.15) is 0 Å². The highest BCUT2D eigenvalue weighted by molar-refractivity contribution is 8.00. The van der Waals surface area contributed by atoms with E-state index >= 15 is 0 Å². The SMILES string of the molecule is CC(=O)N1CCN(c2ccc(SC(CCc3ccncc3)C(=N)N)cc2)CC1. The maximum Gasteiger partial charge on any atom is 0.219 e. The summed E-state index contributed by atoms with van der Waals surface area (Å²) in [6.07, 6.45) is 5.28. The Balaban J connectivity index is 1.56. The molecule has 1 aliphatic rings. The average Bonchev–Trinajstić information content (AvgIpc) is 2.72. The lowest BCUT2D eigenvalue weighted by molar-refractivity contribution is -0.129. The van der Waals surface area contributed by atoms with Crippen LogP contribution >= 0.6 is 11.8 Å². The van der Waals surface area contributed by atoms with Gasteiger partial charge in [0.15, 0.2) is 0 Å². The minimum atomic E-state index is -0.0434.